The van der Waals surface area contributed by atoms with Crippen LogP contribution < -0.4 is 15.5 Å². The van der Waals surface area contributed by atoms with Gasteiger partial charge in [-0.15, -0.1) is 0 Å². The molecule has 0 spiro atoms. The van der Waals surface area contributed by atoms with Gasteiger partial charge in [0.15, 0.2) is 0 Å². The molecule has 7 heteroatoms. The molecule has 2 atom stereocenters. The summed E-state index contributed by atoms with van der Waals surface area (Å²) >= 11 is 0. The molecule has 3 N–H and O–H groups in total. The second-order valence-corrected chi connectivity index (χ2v) is 14.5. The average Bonchev–Trinajstić information content (AvgIpc) is 3.46. The van der Waals surface area contributed by atoms with Gasteiger partial charge in [0.1, 0.15) is 5.82 Å². The molecule has 252 valence electrons. The van der Waals surface area contributed by atoms with E-state index >= 15 is 0 Å². The smallest absolute Gasteiger partial charge is 0.225 e. The highest BCUT2D eigenvalue weighted by Gasteiger charge is 2.26. The predicted octanol–water partition coefficient (Wildman–Crippen LogP) is 8.46. The monoisotopic (exact) mass is 644 g/mol. The summed E-state index contributed by atoms with van der Waals surface area (Å²) in [5.74, 6) is 2.53. The summed E-state index contributed by atoms with van der Waals surface area (Å²) in [5.41, 5.74) is 5.99. The molecule has 2 saturated carbocycles. The number of anilines is 2. The largest absolute Gasteiger partial charge is 0.388 e. The maximum atomic E-state index is 11.6. The van der Waals surface area contributed by atoms with Crippen molar-refractivity contribution in [3.05, 3.63) is 95.7 Å². The number of nitrogens with zero attached hydrogens (tertiary/aromatic N) is 4. The molecule has 0 aliphatic heterocycles. The first kappa shape index (κ1) is 32.6. The van der Waals surface area contributed by atoms with Crippen molar-refractivity contribution in [1.29, 1.82) is 0 Å². The minimum atomic E-state index is -0.509. The number of hydrogen-bond donors (Lipinski definition) is 3. The van der Waals surface area contributed by atoms with E-state index in [9.17, 15) is 5.11 Å². The zero-order valence-corrected chi connectivity index (χ0v) is 28.9. The fraction of sp³-hybridized carbons (Fsp3) is 0.463. The van der Waals surface area contributed by atoms with Crippen LogP contribution in [0.25, 0.3) is 21.8 Å². The minimum Gasteiger partial charge on any atom is -0.388 e. The van der Waals surface area contributed by atoms with Crippen LogP contribution >= 0.6 is 0 Å². The van der Waals surface area contributed by atoms with Gasteiger partial charge < -0.3 is 25.2 Å². The van der Waals surface area contributed by atoms with E-state index in [0.717, 1.165) is 54.5 Å². The molecular formula is C41H52N6O. The summed E-state index contributed by atoms with van der Waals surface area (Å²) in [6.45, 7) is 0.841. The number of rotatable bonds is 11. The maximum Gasteiger partial charge on any atom is 0.225 e. The van der Waals surface area contributed by atoms with E-state index in [-0.39, 0.29) is 5.92 Å². The van der Waals surface area contributed by atoms with Gasteiger partial charge in [-0.2, -0.15) is 4.98 Å². The predicted molar refractivity (Wildman–Crippen MR) is 199 cm³/mol. The third-order valence-electron chi connectivity index (χ3n) is 11.0. The van der Waals surface area contributed by atoms with E-state index < -0.39 is 6.10 Å². The Labute approximate surface area is 285 Å². The van der Waals surface area contributed by atoms with Crippen molar-refractivity contribution >= 4 is 33.6 Å². The number of aliphatic hydroxyl groups is 1. The van der Waals surface area contributed by atoms with Crippen molar-refractivity contribution < 1.29 is 5.11 Å². The van der Waals surface area contributed by atoms with Gasteiger partial charge in [0.2, 0.25) is 5.95 Å². The number of nitrogens with one attached hydrogen (secondary N) is 2. The van der Waals surface area contributed by atoms with Crippen LogP contribution in [-0.4, -0.2) is 52.4 Å². The molecule has 7 rings (SSSR count). The molecular weight excluding hydrogens is 592 g/mol. The standard InChI is InChI=1S/C41H52N6O/c1-46(2)40-35-14-7-9-15-37(35)44-41(45-40)43-33-23-21-32(22-24-33)42-26-31(36-27-47(3)38-16-10-8-13-34(36)38)25-39(48)30-19-17-29(18-20-30)28-11-5-4-6-12-28/h7-10,13-20,27-28,31-33,39,42,48H,4-6,11-12,21-26H2,1-3H3,(H,43,44,45)/t31?,32-,33+,39?. The second kappa shape index (κ2) is 14.7. The van der Waals surface area contributed by atoms with Gasteiger partial charge >= 0.3 is 0 Å². The lowest BCUT2D eigenvalue weighted by Gasteiger charge is -2.31. The summed E-state index contributed by atoms with van der Waals surface area (Å²) in [6.07, 6.45) is 13.4. The third-order valence-corrected chi connectivity index (χ3v) is 11.0. The zero-order chi connectivity index (χ0) is 33.0. The Hall–Kier alpha value is -3.94. The molecule has 2 unspecified atom stereocenters. The lowest BCUT2D eigenvalue weighted by molar-refractivity contribution is 0.155. The van der Waals surface area contributed by atoms with E-state index in [1.54, 1.807) is 0 Å². The summed E-state index contributed by atoms with van der Waals surface area (Å²) in [4.78, 5) is 11.8. The van der Waals surface area contributed by atoms with Gasteiger partial charge in [0, 0.05) is 68.2 Å². The number of aliphatic hydroxyl groups excluding tert-OH is 1. The lowest BCUT2D eigenvalue weighted by Crippen LogP contribution is -2.39. The lowest BCUT2D eigenvalue weighted by atomic mass is 9.83. The first-order valence-electron chi connectivity index (χ1n) is 18.2. The van der Waals surface area contributed by atoms with Crippen molar-refractivity contribution in [2.24, 2.45) is 7.05 Å². The Kier molecular flexibility index (Phi) is 9.96. The van der Waals surface area contributed by atoms with Crippen molar-refractivity contribution in [3.8, 4) is 0 Å². The average molecular weight is 645 g/mol. The van der Waals surface area contributed by atoms with Gasteiger partial charge in [0.25, 0.3) is 0 Å². The van der Waals surface area contributed by atoms with Gasteiger partial charge in [-0.3, -0.25) is 0 Å². The highest BCUT2D eigenvalue weighted by atomic mass is 16.3. The number of benzene rings is 3. The van der Waals surface area contributed by atoms with Crippen LogP contribution in [0.15, 0.2) is 79.0 Å². The third kappa shape index (κ3) is 7.23. The molecule has 0 saturated heterocycles. The molecule has 5 aromatic rings. The first-order chi connectivity index (χ1) is 23.4. The van der Waals surface area contributed by atoms with Crippen LogP contribution in [0.3, 0.4) is 0 Å². The fourth-order valence-electron chi connectivity index (χ4n) is 8.25. The second-order valence-electron chi connectivity index (χ2n) is 14.5. The van der Waals surface area contributed by atoms with Crippen LogP contribution in [0, 0.1) is 0 Å². The minimum absolute atomic E-state index is 0.190. The van der Waals surface area contributed by atoms with Crippen molar-refractivity contribution in [1.82, 2.24) is 19.9 Å². The number of para-hydroxylation sites is 2. The highest BCUT2D eigenvalue weighted by Crippen LogP contribution is 2.36. The topological polar surface area (TPSA) is 78.2 Å². The molecule has 2 heterocycles. The Balaban J connectivity index is 1.01. The van der Waals surface area contributed by atoms with E-state index in [1.165, 1.54) is 54.1 Å². The molecule has 0 amide bonds. The maximum absolute atomic E-state index is 11.6. The van der Waals surface area contributed by atoms with Crippen molar-refractivity contribution in [2.45, 2.75) is 94.2 Å². The normalized spacial score (nSPS) is 20.2. The summed E-state index contributed by atoms with van der Waals surface area (Å²) < 4.78 is 2.23. The summed E-state index contributed by atoms with van der Waals surface area (Å²) in [5, 5.41) is 21.6. The number of aromatic nitrogens is 3. The molecule has 0 bridgehead atoms. The molecule has 0 radical (unpaired) electrons. The van der Waals surface area contributed by atoms with Crippen LogP contribution in [-0.2, 0) is 7.05 Å². The van der Waals surface area contributed by atoms with E-state index in [0.29, 0.717) is 30.4 Å². The SMILES string of the molecule is CN(C)c1nc(N[C@H]2CC[C@@H](NCC(CC(O)c3ccc(C4CCCCC4)cc3)c3cn(C)c4ccccc34)CC2)nc2ccccc12. The number of fused-ring (bicyclic) bond motifs is 2. The van der Waals surface area contributed by atoms with Crippen LogP contribution in [0.2, 0.25) is 0 Å². The Morgan fingerprint density at radius 3 is 2.25 bits per heavy atom. The van der Waals surface area contributed by atoms with E-state index in [2.05, 4.69) is 94.0 Å². The number of aryl methyl sites for hydroxylation is 1. The van der Waals surface area contributed by atoms with E-state index in [4.69, 9.17) is 9.97 Å². The Morgan fingerprint density at radius 1 is 0.812 bits per heavy atom. The molecule has 2 fully saturated rings. The first-order valence-corrected chi connectivity index (χ1v) is 18.2. The molecule has 48 heavy (non-hydrogen) atoms. The molecule has 7 nitrogen and oxygen atoms in total. The molecule has 2 aromatic heterocycles. The van der Waals surface area contributed by atoms with Gasteiger partial charge in [-0.25, -0.2) is 4.98 Å². The van der Waals surface area contributed by atoms with Gasteiger partial charge in [-0.05, 0) is 85.8 Å². The van der Waals surface area contributed by atoms with E-state index in [1.807, 2.05) is 26.2 Å². The van der Waals surface area contributed by atoms with Crippen LogP contribution in [0.1, 0.15) is 98.8 Å². The number of hydrogen-bond acceptors (Lipinski definition) is 6. The quantitative estimate of drug-likeness (QED) is 0.134. The molecule has 3 aromatic carbocycles. The van der Waals surface area contributed by atoms with Crippen molar-refractivity contribution in [2.75, 3.05) is 30.9 Å². The summed E-state index contributed by atoms with van der Waals surface area (Å²) in [7, 11) is 6.20. The van der Waals surface area contributed by atoms with Crippen LogP contribution in [0.5, 0.6) is 0 Å². The van der Waals surface area contributed by atoms with Gasteiger partial charge in [-0.1, -0.05) is 73.9 Å². The van der Waals surface area contributed by atoms with Crippen molar-refractivity contribution in [3.63, 3.8) is 0 Å². The highest BCUT2D eigenvalue weighted by molar-refractivity contribution is 5.90. The zero-order valence-electron chi connectivity index (χ0n) is 28.9. The summed E-state index contributed by atoms with van der Waals surface area (Å²) in [6, 6.07) is 26.6. The molecule has 2 aliphatic rings. The van der Waals surface area contributed by atoms with Crippen LogP contribution in [0.4, 0.5) is 11.8 Å². The van der Waals surface area contributed by atoms with Gasteiger partial charge in [0.05, 0.1) is 11.6 Å². The Bertz CT molecular complexity index is 1800. The molecule has 2 aliphatic carbocycles. The Morgan fingerprint density at radius 2 is 1.50 bits per heavy atom. The fourth-order valence-corrected chi connectivity index (χ4v) is 8.25.